The standard InChI is InChI=1S/C14H22ClNO2S/c1-4-5-13-6-8-14(9-7-13)19(17,18)16(3)11-10-12(2)15/h6-9,12H,4-5,10-11H2,1-3H3. The van der Waals surface area contributed by atoms with Crippen molar-refractivity contribution >= 4 is 21.6 Å². The molecule has 0 aliphatic rings. The first-order valence-corrected chi connectivity index (χ1v) is 8.45. The molecule has 1 rings (SSSR count). The SMILES string of the molecule is CCCc1ccc(S(=O)(=O)N(C)CCC(C)Cl)cc1. The maximum absolute atomic E-state index is 12.3. The van der Waals surface area contributed by atoms with Gasteiger partial charge in [-0.1, -0.05) is 25.5 Å². The van der Waals surface area contributed by atoms with Crippen LogP contribution >= 0.6 is 11.6 Å². The zero-order valence-electron chi connectivity index (χ0n) is 11.8. The van der Waals surface area contributed by atoms with E-state index in [-0.39, 0.29) is 5.38 Å². The molecule has 1 aromatic carbocycles. The molecule has 0 aliphatic carbocycles. The Balaban J connectivity index is 2.81. The number of halogens is 1. The van der Waals surface area contributed by atoms with Gasteiger partial charge in [-0.3, -0.25) is 0 Å². The zero-order chi connectivity index (χ0) is 14.5. The number of aryl methyl sites for hydroxylation is 1. The van der Waals surface area contributed by atoms with Crippen molar-refractivity contribution < 1.29 is 8.42 Å². The highest BCUT2D eigenvalue weighted by Crippen LogP contribution is 2.17. The van der Waals surface area contributed by atoms with E-state index in [1.807, 2.05) is 19.1 Å². The van der Waals surface area contributed by atoms with Gasteiger partial charge in [0.15, 0.2) is 0 Å². The van der Waals surface area contributed by atoms with Gasteiger partial charge in [0.2, 0.25) is 10.0 Å². The predicted octanol–water partition coefficient (Wildman–Crippen LogP) is 3.28. The van der Waals surface area contributed by atoms with E-state index in [4.69, 9.17) is 11.6 Å². The van der Waals surface area contributed by atoms with Crippen LogP contribution in [0, 0.1) is 0 Å². The molecule has 108 valence electrons. The van der Waals surface area contributed by atoms with Crippen LogP contribution in [0.1, 0.15) is 32.3 Å². The summed E-state index contributed by atoms with van der Waals surface area (Å²) < 4.78 is 26.0. The molecule has 0 aromatic heterocycles. The minimum atomic E-state index is -3.39. The molecule has 0 N–H and O–H groups in total. The maximum atomic E-state index is 12.3. The molecule has 19 heavy (non-hydrogen) atoms. The number of alkyl halides is 1. The van der Waals surface area contributed by atoms with Crippen LogP contribution in [0.2, 0.25) is 0 Å². The van der Waals surface area contributed by atoms with Gasteiger partial charge in [-0.2, -0.15) is 0 Å². The Labute approximate surface area is 121 Å². The molecule has 1 atom stereocenters. The average Bonchev–Trinajstić information content (AvgIpc) is 2.36. The summed E-state index contributed by atoms with van der Waals surface area (Å²) in [4.78, 5) is 0.345. The Bertz CT molecular complexity index is 483. The normalized spacial score (nSPS) is 13.7. The molecule has 0 radical (unpaired) electrons. The van der Waals surface area contributed by atoms with Gasteiger partial charge in [0.1, 0.15) is 0 Å². The van der Waals surface area contributed by atoms with Gasteiger partial charge in [0.25, 0.3) is 0 Å². The van der Waals surface area contributed by atoms with Gasteiger partial charge in [-0.05, 0) is 37.5 Å². The van der Waals surface area contributed by atoms with Crippen molar-refractivity contribution in [1.29, 1.82) is 0 Å². The van der Waals surface area contributed by atoms with Gasteiger partial charge in [-0.25, -0.2) is 12.7 Å². The van der Waals surface area contributed by atoms with Crippen molar-refractivity contribution in [3.8, 4) is 0 Å². The molecule has 5 heteroatoms. The van der Waals surface area contributed by atoms with E-state index in [1.165, 1.54) is 9.87 Å². The molecule has 0 aliphatic heterocycles. The smallest absolute Gasteiger partial charge is 0.207 e. The largest absolute Gasteiger partial charge is 0.242 e. The topological polar surface area (TPSA) is 37.4 Å². The first-order valence-electron chi connectivity index (χ1n) is 6.57. The maximum Gasteiger partial charge on any atom is 0.242 e. The fourth-order valence-corrected chi connectivity index (χ4v) is 3.06. The summed E-state index contributed by atoms with van der Waals surface area (Å²) in [5.74, 6) is 0. The lowest BCUT2D eigenvalue weighted by Gasteiger charge is -2.18. The summed E-state index contributed by atoms with van der Waals surface area (Å²) >= 11 is 5.85. The highest BCUT2D eigenvalue weighted by molar-refractivity contribution is 7.89. The molecule has 0 saturated carbocycles. The Morgan fingerprint density at radius 2 is 1.84 bits per heavy atom. The van der Waals surface area contributed by atoms with E-state index in [1.54, 1.807) is 19.2 Å². The third kappa shape index (κ3) is 4.79. The minimum absolute atomic E-state index is 0.0235. The molecule has 0 saturated heterocycles. The van der Waals surface area contributed by atoms with Crippen molar-refractivity contribution in [2.75, 3.05) is 13.6 Å². The molecule has 0 amide bonds. The van der Waals surface area contributed by atoms with Gasteiger partial charge in [0.05, 0.1) is 4.90 Å². The Kier molecular flexibility index (Phi) is 6.30. The fraction of sp³-hybridized carbons (Fsp3) is 0.571. The summed E-state index contributed by atoms with van der Waals surface area (Å²) in [7, 11) is -1.80. The van der Waals surface area contributed by atoms with Gasteiger partial charge >= 0.3 is 0 Å². The monoisotopic (exact) mass is 303 g/mol. The third-order valence-corrected chi connectivity index (χ3v) is 5.10. The van der Waals surface area contributed by atoms with Crippen molar-refractivity contribution in [2.24, 2.45) is 0 Å². The second-order valence-electron chi connectivity index (χ2n) is 4.79. The number of benzene rings is 1. The number of hydrogen-bond acceptors (Lipinski definition) is 2. The molecular formula is C14H22ClNO2S. The van der Waals surface area contributed by atoms with Crippen molar-refractivity contribution in [1.82, 2.24) is 4.31 Å². The summed E-state index contributed by atoms with van der Waals surface area (Å²) in [5, 5.41) is -0.0235. The highest BCUT2D eigenvalue weighted by Gasteiger charge is 2.20. The van der Waals surface area contributed by atoms with Crippen molar-refractivity contribution in [3.63, 3.8) is 0 Å². The van der Waals surface area contributed by atoms with Crippen molar-refractivity contribution in [3.05, 3.63) is 29.8 Å². The predicted molar refractivity (Wildman–Crippen MR) is 80.2 cm³/mol. The van der Waals surface area contributed by atoms with Crippen LogP contribution in [0.3, 0.4) is 0 Å². The van der Waals surface area contributed by atoms with Crippen LogP contribution in [0.5, 0.6) is 0 Å². The van der Waals surface area contributed by atoms with Gasteiger partial charge < -0.3 is 0 Å². The highest BCUT2D eigenvalue weighted by atomic mass is 35.5. The summed E-state index contributed by atoms with van der Waals surface area (Å²) in [5.41, 5.74) is 1.17. The molecule has 0 bridgehead atoms. The Morgan fingerprint density at radius 3 is 2.32 bits per heavy atom. The first kappa shape index (κ1) is 16.5. The van der Waals surface area contributed by atoms with Crippen LogP contribution in [0.4, 0.5) is 0 Å². The Hall–Kier alpha value is -0.580. The lowest BCUT2D eigenvalue weighted by molar-refractivity contribution is 0.460. The molecule has 1 unspecified atom stereocenters. The first-order chi connectivity index (χ1) is 8.87. The van der Waals surface area contributed by atoms with Gasteiger partial charge in [-0.15, -0.1) is 11.6 Å². The number of rotatable bonds is 7. The number of nitrogens with zero attached hydrogens (tertiary/aromatic N) is 1. The quantitative estimate of drug-likeness (QED) is 0.725. The molecule has 0 spiro atoms. The van der Waals surface area contributed by atoms with E-state index >= 15 is 0 Å². The molecule has 0 heterocycles. The van der Waals surface area contributed by atoms with Crippen LogP contribution in [0.25, 0.3) is 0 Å². The van der Waals surface area contributed by atoms with E-state index in [9.17, 15) is 8.42 Å². The fourth-order valence-electron chi connectivity index (χ4n) is 1.78. The second kappa shape index (κ2) is 7.27. The average molecular weight is 304 g/mol. The van der Waals surface area contributed by atoms with Crippen LogP contribution in [-0.4, -0.2) is 31.7 Å². The molecule has 3 nitrogen and oxygen atoms in total. The lowest BCUT2D eigenvalue weighted by Crippen LogP contribution is -2.29. The van der Waals surface area contributed by atoms with E-state index in [0.717, 1.165) is 12.8 Å². The summed E-state index contributed by atoms with van der Waals surface area (Å²) in [6, 6.07) is 7.13. The van der Waals surface area contributed by atoms with E-state index in [2.05, 4.69) is 6.92 Å². The Morgan fingerprint density at radius 1 is 1.26 bits per heavy atom. The zero-order valence-corrected chi connectivity index (χ0v) is 13.3. The van der Waals surface area contributed by atoms with Crippen LogP contribution < -0.4 is 0 Å². The molecular weight excluding hydrogens is 282 g/mol. The van der Waals surface area contributed by atoms with Crippen LogP contribution in [0.15, 0.2) is 29.2 Å². The van der Waals surface area contributed by atoms with E-state index < -0.39 is 10.0 Å². The lowest BCUT2D eigenvalue weighted by atomic mass is 10.1. The number of sulfonamides is 1. The van der Waals surface area contributed by atoms with Crippen molar-refractivity contribution in [2.45, 2.75) is 43.4 Å². The van der Waals surface area contributed by atoms with Gasteiger partial charge in [0, 0.05) is 19.0 Å². The van der Waals surface area contributed by atoms with E-state index in [0.29, 0.717) is 17.9 Å². The summed E-state index contributed by atoms with van der Waals surface area (Å²) in [6.45, 7) is 4.40. The van der Waals surface area contributed by atoms with Crippen LogP contribution in [-0.2, 0) is 16.4 Å². The third-order valence-electron chi connectivity index (χ3n) is 3.01. The number of hydrogen-bond donors (Lipinski definition) is 0. The summed E-state index contributed by atoms with van der Waals surface area (Å²) in [6.07, 6.45) is 2.67. The minimum Gasteiger partial charge on any atom is -0.207 e. The molecule has 1 aromatic rings. The second-order valence-corrected chi connectivity index (χ2v) is 7.58. The molecule has 0 fully saturated rings.